The minimum atomic E-state index is -1.32. The van der Waals surface area contributed by atoms with E-state index in [4.69, 9.17) is 11.6 Å². The lowest BCUT2D eigenvalue weighted by atomic mass is 9.74. The maximum absolute atomic E-state index is 15.0. The van der Waals surface area contributed by atoms with Gasteiger partial charge in [0.1, 0.15) is 17.2 Å². The van der Waals surface area contributed by atoms with Crippen LogP contribution in [0.25, 0.3) is 0 Å². The summed E-state index contributed by atoms with van der Waals surface area (Å²) in [5.41, 5.74) is -1.95. The van der Waals surface area contributed by atoms with E-state index in [1.807, 2.05) is 0 Å². The van der Waals surface area contributed by atoms with E-state index in [-0.39, 0.29) is 41.5 Å². The van der Waals surface area contributed by atoms with Crippen molar-refractivity contribution in [3.63, 3.8) is 0 Å². The fourth-order valence-corrected chi connectivity index (χ4v) is 6.06. The monoisotopic (exact) mass is 456 g/mol. The van der Waals surface area contributed by atoms with Crippen molar-refractivity contribution < 1.29 is 28.6 Å². The topological polar surface area (TPSA) is 98.7 Å². The number of phenols is 1. The smallest absolute Gasteiger partial charge is 0.223 e. The summed E-state index contributed by atoms with van der Waals surface area (Å²) in [4.78, 5) is 24.5. The molecule has 9 heteroatoms. The molecule has 1 aromatic rings. The molecule has 2 amide bonds. The molecule has 3 fully saturated rings. The molecule has 0 heterocycles. The number of alkyl halides is 1. The number of fused-ring (bicyclic) bond motifs is 2. The first kappa shape index (κ1) is 22.3. The van der Waals surface area contributed by atoms with Crippen LogP contribution in [0.5, 0.6) is 5.75 Å². The number of aliphatic hydroxyl groups is 1. The number of benzene rings is 1. The van der Waals surface area contributed by atoms with Crippen LogP contribution in [0.15, 0.2) is 12.1 Å². The third kappa shape index (κ3) is 4.12. The van der Waals surface area contributed by atoms with Gasteiger partial charge in [0.05, 0.1) is 23.2 Å². The first-order chi connectivity index (χ1) is 14.5. The molecule has 0 saturated heterocycles. The Morgan fingerprint density at radius 3 is 2.48 bits per heavy atom. The van der Waals surface area contributed by atoms with Gasteiger partial charge in [-0.15, -0.1) is 0 Å². The zero-order chi connectivity index (χ0) is 22.6. The number of hydrogen-bond donors (Lipinski definition) is 4. The Labute approximate surface area is 184 Å². The minimum Gasteiger partial charge on any atom is -0.508 e. The summed E-state index contributed by atoms with van der Waals surface area (Å²) in [6, 6.07) is 0.932. The Kier molecular flexibility index (Phi) is 5.67. The van der Waals surface area contributed by atoms with E-state index in [1.54, 1.807) is 0 Å². The molecule has 0 spiro atoms. The lowest BCUT2D eigenvalue weighted by Crippen LogP contribution is -2.42. The van der Waals surface area contributed by atoms with Crippen LogP contribution in [0.3, 0.4) is 0 Å². The van der Waals surface area contributed by atoms with E-state index in [0.29, 0.717) is 25.7 Å². The van der Waals surface area contributed by atoms with Gasteiger partial charge in [-0.2, -0.15) is 0 Å². The lowest BCUT2D eigenvalue weighted by Gasteiger charge is -2.37. The molecule has 1 aromatic carbocycles. The third-order valence-corrected chi connectivity index (χ3v) is 7.63. The molecule has 3 aliphatic rings. The van der Waals surface area contributed by atoms with Crippen molar-refractivity contribution in [3.05, 3.63) is 28.5 Å². The van der Waals surface area contributed by atoms with Crippen molar-refractivity contribution in [1.82, 2.24) is 10.6 Å². The summed E-state index contributed by atoms with van der Waals surface area (Å²) in [5.74, 6) is -2.26. The molecule has 4 atom stereocenters. The van der Waals surface area contributed by atoms with Crippen molar-refractivity contribution in [3.8, 4) is 5.75 Å². The highest BCUT2D eigenvalue weighted by molar-refractivity contribution is 6.31. The molecule has 2 bridgehead atoms. The molecule has 4 rings (SSSR count). The number of nitrogens with one attached hydrogen (secondary N) is 2. The maximum Gasteiger partial charge on any atom is 0.223 e. The van der Waals surface area contributed by atoms with Crippen LogP contribution in [0.4, 0.5) is 8.78 Å². The normalized spacial score (nSPS) is 35.2. The van der Waals surface area contributed by atoms with E-state index >= 15 is 4.39 Å². The van der Waals surface area contributed by atoms with Crippen LogP contribution in [0, 0.1) is 17.2 Å². The Morgan fingerprint density at radius 1 is 1.23 bits per heavy atom. The number of amides is 2. The molecule has 3 aliphatic carbocycles. The van der Waals surface area contributed by atoms with Crippen molar-refractivity contribution in [2.24, 2.45) is 11.3 Å². The molecular weight excluding hydrogens is 430 g/mol. The van der Waals surface area contributed by atoms with Crippen LogP contribution < -0.4 is 10.6 Å². The molecule has 4 N–H and O–H groups in total. The van der Waals surface area contributed by atoms with E-state index < -0.39 is 46.9 Å². The van der Waals surface area contributed by atoms with Crippen molar-refractivity contribution >= 4 is 23.4 Å². The summed E-state index contributed by atoms with van der Waals surface area (Å²) < 4.78 is 30.0. The highest BCUT2D eigenvalue weighted by Crippen LogP contribution is 2.63. The van der Waals surface area contributed by atoms with Gasteiger partial charge in [0.15, 0.2) is 0 Å². The van der Waals surface area contributed by atoms with Gasteiger partial charge in [0.25, 0.3) is 0 Å². The van der Waals surface area contributed by atoms with E-state index in [0.717, 1.165) is 6.07 Å². The quantitative estimate of drug-likeness (QED) is 0.546. The van der Waals surface area contributed by atoms with Crippen molar-refractivity contribution in [2.45, 2.75) is 75.7 Å². The second kappa shape index (κ2) is 7.89. The zero-order valence-corrected chi connectivity index (χ0v) is 18.0. The summed E-state index contributed by atoms with van der Waals surface area (Å²) in [5, 5.41) is 25.5. The standard InChI is InChI=1S/C22H27ClF2N2O4/c1-11(28)26-16-6-12(7-17(16)30)20(31)27-19(14-8-13(29)9-15(23)18(14)24)21-2-4-22(25,10-21)5-3-21/h8-9,12,16-17,19,29-30H,2-7,10H2,1H3,(H,26,28)(H,27,31)/t12-,16+,17-,19-,21?,22?/m1/s1. The largest absolute Gasteiger partial charge is 0.508 e. The average molecular weight is 457 g/mol. The lowest BCUT2D eigenvalue weighted by molar-refractivity contribution is -0.127. The Balaban J connectivity index is 1.62. The third-order valence-electron chi connectivity index (χ3n) is 7.35. The number of hydrogen-bond acceptors (Lipinski definition) is 4. The molecule has 3 saturated carbocycles. The van der Waals surface area contributed by atoms with Crippen LogP contribution >= 0.6 is 11.6 Å². The first-order valence-electron chi connectivity index (χ1n) is 10.6. The molecule has 170 valence electrons. The highest BCUT2D eigenvalue weighted by atomic mass is 35.5. The zero-order valence-electron chi connectivity index (χ0n) is 17.3. The number of aliphatic hydroxyl groups excluding tert-OH is 1. The van der Waals surface area contributed by atoms with Gasteiger partial charge < -0.3 is 20.8 Å². The Morgan fingerprint density at radius 2 is 1.90 bits per heavy atom. The van der Waals surface area contributed by atoms with Gasteiger partial charge in [-0.3, -0.25) is 9.59 Å². The number of halogens is 3. The maximum atomic E-state index is 15.0. The summed E-state index contributed by atoms with van der Waals surface area (Å²) in [7, 11) is 0. The fourth-order valence-electron chi connectivity index (χ4n) is 5.84. The van der Waals surface area contributed by atoms with Gasteiger partial charge in [-0.1, -0.05) is 11.6 Å². The number of carbonyl (C=O) groups is 2. The predicted molar refractivity (Wildman–Crippen MR) is 110 cm³/mol. The predicted octanol–water partition coefficient (Wildman–Crippen LogP) is 3.29. The SMILES string of the molecule is CC(=O)N[C@H]1C[C@@H](C(=O)N[C@H](c2cc(O)cc(Cl)c2F)C23CCC(F)(CC2)C3)C[C@H]1O. The van der Waals surface area contributed by atoms with Gasteiger partial charge in [0.2, 0.25) is 11.8 Å². The molecule has 6 nitrogen and oxygen atoms in total. The molecule has 31 heavy (non-hydrogen) atoms. The minimum absolute atomic E-state index is 0.0430. The highest BCUT2D eigenvalue weighted by Gasteiger charge is 2.59. The second-order valence-corrected chi connectivity index (χ2v) is 9.91. The number of phenolic OH excluding ortho intramolecular Hbond substituents is 1. The molecule has 0 aromatic heterocycles. The van der Waals surface area contributed by atoms with Crippen LogP contribution in [-0.4, -0.2) is 39.8 Å². The summed E-state index contributed by atoms with van der Waals surface area (Å²) >= 11 is 5.95. The van der Waals surface area contributed by atoms with E-state index in [2.05, 4.69) is 10.6 Å². The van der Waals surface area contributed by atoms with Crippen LogP contribution in [0.1, 0.15) is 63.5 Å². The number of rotatable bonds is 5. The molecular formula is C22H27ClF2N2O4. The van der Waals surface area contributed by atoms with Crippen LogP contribution in [0.2, 0.25) is 5.02 Å². The Bertz CT molecular complexity index is 904. The summed E-state index contributed by atoms with van der Waals surface area (Å²) in [6.45, 7) is 1.34. The second-order valence-electron chi connectivity index (χ2n) is 9.51. The van der Waals surface area contributed by atoms with E-state index in [9.17, 15) is 24.2 Å². The molecule has 0 radical (unpaired) electrons. The van der Waals surface area contributed by atoms with Crippen molar-refractivity contribution in [2.75, 3.05) is 0 Å². The first-order valence-corrected chi connectivity index (χ1v) is 11.0. The molecule has 0 aliphatic heterocycles. The van der Waals surface area contributed by atoms with Gasteiger partial charge >= 0.3 is 0 Å². The average Bonchev–Trinajstić information content (AvgIpc) is 3.33. The molecule has 0 unspecified atom stereocenters. The number of aromatic hydroxyl groups is 1. The van der Waals surface area contributed by atoms with E-state index in [1.165, 1.54) is 13.0 Å². The fraction of sp³-hybridized carbons (Fsp3) is 0.636. The van der Waals surface area contributed by atoms with Gasteiger partial charge in [0, 0.05) is 24.5 Å². The van der Waals surface area contributed by atoms with Gasteiger partial charge in [-0.25, -0.2) is 8.78 Å². The summed E-state index contributed by atoms with van der Waals surface area (Å²) in [6.07, 6.45) is 1.43. The van der Waals surface area contributed by atoms with Gasteiger partial charge in [-0.05, 0) is 56.4 Å². The van der Waals surface area contributed by atoms with Crippen LogP contribution in [-0.2, 0) is 9.59 Å². The number of carbonyl (C=O) groups excluding carboxylic acids is 2. The Hall–Kier alpha value is -1.93. The van der Waals surface area contributed by atoms with Crippen molar-refractivity contribution in [1.29, 1.82) is 0 Å².